The molecule has 34 valence electrons. The lowest BCUT2D eigenvalue weighted by molar-refractivity contribution is 0.712. The number of rotatable bonds is 0. The summed E-state index contributed by atoms with van der Waals surface area (Å²) >= 11 is 0. The lowest BCUT2D eigenvalue weighted by Gasteiger charge is -1.34. The van der Waals surface area contributed by atoms with Crippen molar-refractivity contribution in [1.29, 1.82) is 0 Å². The molecule has 0 spiro atoms. The summed E-state index contributed by atoms with van der Waals surface area (Å²) in [5.74, 6) is 0. The van der Waals surface area contributed by atoms with Crippen molar-refractivity contribution >= 4 is 10.2 Å². The molecule has 0 saturated heterocycles. The van der Waals surface area contributed by atoms with Crippen LogP contribution in [-0.4, -0.2) is 21.1 Å². The number of hydrogen-bond donors (Lipinski definition) is 0. The Labute approximate surface area is 30.6 Å². The highest BCUT2D eigenvalue weighted by atomic mass is 28.3. The first-order chi connectivity index (χ1) is 1.41. The predicted octanol–water partition coefficient (Wildman–Crippen LogP) is -1.19. The highest BCUT2D eigenvalue weighted by Crippen LogP contribution is 1.49. The van der Waals surface area contributed by atoms with Crippen LogP contribution in [0.2, 0.25) is 0 Å². The van der Waals surface area contributed by atoms with E-state index in [0.717, 1.165) is 0 Å². The molecule has 0 rings (SSSR count). The van der Waals surface area contributed by atoms with Crippen LogP contribution in [0.15, 0.2) is 0 Å². The summed E-state index contributed by atoms with van der Waals surface area (Å²) in [5.41, 5.74) is 0. The Hall–Kier alpha value is -0.00312. The molecular formula is H4F2O2Si. The van der Waals surface area contributed by atoms with Gasteiger partial charge in [0, 0.05) is 0 Å². The molecule has 0 amide bonds. The maximum atomic E-state index is 9.65. The van der Waals surface area contributed by atoms with Crippen LogP contribution in [0.3, 0.4) is 0 Å². The second-order valence-corrected chi connectivity index (χ2v) is 0.214. The molecule has 0 atom stereocenters. The van der Waals surface area contributed by atoms with E-state index in [9.17, 15) is 8.22 Å². The molecule has 0 saturated carbocycles. The summed E-state index contributed by atoms with van der Waals surface area (Å²) in [6.07, 6.45) is 0. The third kappa shape index (κ3) is 1640000. The largest absolute Gasteiger partial charge is 0.532 e. The van der Waals surface area contributed by atoms with Crippen LogP contribution < -0.4 is 0 Å². The molecule has 0 unspecified atom stereocenters. The van der Waals surface area contributed by atoms with E-state index in [1.54, 1.807) is 0 Å². The van der Waals surface area contributed by atoms with Gasteiger partial charge in [0.2, 0.25) is 0 Å². The summed E-state index contributed by atoms with van der Waals surface area (Å²) in [7, 11) is -1.92. The van der Waals surface area contributed by atoms with Gasteiger partial charge in [-0.2, -0.15) is 0 Å². The van der Waals surface area contributed by atoms with Crippen LogP contribution in [0.4, 0.5) is 8.22 Å². The summed E-state index contributed by atoms with van der Waals surface area (Å²) < 4.78 is 19.3. The molecule has 0 heterocycles. The van der Waals surface area contributed by atoms with Crippen molar-refractivity contribution in [2.75, 3.05) is 0 Å². The lowest BCUT2D eigenvalue weighted by Crippen LogP contribution is -1.45. The minimum atomic E-state index is -1.92. The molecule has 0 bridgehead atoms. The molecular weight excluding hydrogens is 98.1 g/mol. The first kappa shape index (κ1) is 20.0. The van der Waals surface area contributed by atoms with Gasteiger partial charge < -0.3 is 11.0 Å². The molecule has 2 nitrogen and oxygen atoms in total. The molecule has 0 aliphatic heterocycles. The van der Waals surface area contributed by atoms with Gasteiger partial charge >= 0.3 is 10.2 Å². The third-order valence-electron chi connectivity index (χ3n) is 0. The van der Waals surface area contributed by atoms with Crippen molar-refractivity contribution in [3.8, 4) is 0 Å². The minimum Gasteiger partial charge on any atom is -0.412 e. The summed E-state index contributed by atoms with van der Waals surface area (Å²) in [5, 5.41) is 0. The second-order valence-electron chi connectivity index (χ2n) is 0.0714. The Kier molecular flexibility index (Phi) is 145. The Balaban J connectivity index is -0.0000000200. The van der Waals surface area contributed by atoms with Crippen LogP contribution in [0.1, 0.15) is 0 Å². The topological polar surface area (TPSA) is 63.0 Å². The fourth-order valence-electron chi connectivity index (χ4n) is 0. The number of hydrogen-bond acceptors (Lipinski definition) is 0. The monoisotopic (exact) mass is 102 g/mol. The standard InChI is InChI=1S/F2Si.2H2O/c1-3-2;;/h;2*1H2. The highest BCUT2D eigenvalue weighted by molar-refractivity contribution is 6.15. The molecule has 4 N–H and O–H groups in total. The van der Waals surface area contributed by atoms with E-state index in [0.29, 0.717) is 0 Å². The Bertz CT molecular complexity index is 7.61. The van der Waals surface area contributed by atoms with Gasteiger partial charge in [0.05, 0.1) is 0 Å². The zero-order valence-corrected chi connectivity index (χ0v) is 3.26. The zero-order chi connectivity index (χ0) is 2.71. The molecule has 5 heteroatoms. The van der Waals surface area contributed by atoms with Crippen molar-refractivity contribution < 1.29 is 19.2 Å². The predicted molar refractivity (Wildman–Crippen MR) is 15.2 cm³/mol. The molecule has 0 aromatic heterocycles. The molecule has 0 aliphatic carbocycles. The summed E-state index contributed by atoms with van der Waals surface area (Å²) in [6, 6.07) is 0. The van der Waals surface area contributed by atoms with Crippen molar-refractivity contribution in [2.45, 2.75) is 0 Å². The Morgan fingerprint density at radius 1 is 1.00 bits per heavy atom. The van der Waals surface area contributed by atoms with E-state index in [1.807, 2.05) is 0 Å². The fraction of sp³-hybridized carbons (Fsp3) is 0. The number of halogens is 2. The van der Waals surface area contributed by atoms with Crippen molar-refractivity contribution in [3.63, 3.8) is 0 Å². The van der Waals surface area contributed by atoms with Crippen LogP contribution in [-0.2, 0) is 0 Å². The Morgan fingerprint density at radius 3 is 1.00 bits per heavy atom. The molecule has 2 radical (unpaired) electrons. The Morgan fingerprint density at radius 2 is 1.00 bits per heavy atom. The average molecular weight is 102 g/mol. The van der Waals surface area contributed by atoms with Crippen LogP contribution in [0.25, 0.3) is 0 Å². The first-order valence-corrected chi connectivity index (χ1v) is 1.13. The van der Waals surface area contributed by atoms with Gasteiger partial charge in [-0.05, 0) is 0 Å². The maximum Gasteiger partial charge on any atom is 0.532 e. The second kappa shape index (κ2) is 36.1. The first-order valence-electron chi connectivity index (χ1n) is 0.378. The van der Waals surface area contributed by atoms with Gasteiger partial charge in [-0.25, -0.2) is 0 Å². The quantitative estimate of drug-likeness (QED) is 0.273. The molecule has 0 aromatic carbocycles. The van der Waals surface area contributed by atoms with Crippen molar-refractivity contribution in [2.24, 2.45) is 0 Å². The molecule has 0 fully saturated rings. The normalized spacial score (nSPS) is 3.60. The van der Waals surface area contributed by atoms with Crippen LogP contribution in [0, 0.1) is 0 Å². The van der Waals surface area contributed by atoms with Crippen LogP contribution in [0.5, 0.6) is 0 Å². The van der Waals surface area contributed by atoms with E-state index in [1.165, 1.54) is 0 Å². The SMILES string of the molecule is F[Si]F.O.O. The summed E-state index contributed by atoms with van der Waals surface area (Å²) in [4.78, 5) is 0. The van der Waals surface area contributed by atoms with E-state index in [-0.39, 0.29) is 11.0 Å². The third-order valence-corrected chi connectivity index (χ3v) is 0. The highest BCUT2D eigenvalue weighted by Gasteiger charge is 1.60. The minimum absolute atomic E-state index is 0. The van der Waals surface area contributed by atoms with E-state index >= 15 is 0 Å². The lowest BCUT2D eigenvalue weighted by atomic mass is 16.0. The molecule has 0 aliphatic rings. The molecule has 5 heavy (non-hydrogen) atoms. The zero-order valence-electron chi connectivity index (χ0n) is 2.26. The van der Waals surface area contributed by atoms with Crippen LogP contribution >= 0.6 is 0 Å². The average Bonchev–Trinajstić information content (AvgIpc) is 0.918. The smallest absolute Gasteiger partial charge is 0.412 e. The maximum absolute atomic E-state index is 9.65. The van der Waals surface area contributed by atoms with Gasteiger partial charge in [-0.1, -0.05) is 0 Å². The van der Waals surface area contributed by atoms with E-state index in [4.69, 9.17) is 0 Å². The van der Waals surface area contributed by atoms with Crippen molar-refractivity contribution in [1.82, 2.24) is 0 Å². The molecule has 0 aromatic rings. The van der Waals surface area contributed by atoms with Gasteiger partial charge in [0.1, 0.15) is 0 Å². The summed E-state index contributed by atoms with van der Waals surface area (Å²) in [6.45, 7) is 0. The van der Waals surface area contributed by atoms with E-state index < -0.39 is 10.2 Å². The fourth-order valence-corrected chi connectivity index (χ4v) is 0. The van der Waals surface area contributed by atoms with Gasteiger partial charge in [0.15, 0.2) is 0 Å². The van der Waals surface area contributed by atoms with Gasteiger partial charge in [-0.15, -0.1) is 0 Å². The van der Waals surface area contributed by atoms with Gasteiger partial charge in [0.25, 0.3) is 0 Å². The van der Waals surface area contributed by atoms with Crippen molar-refractivity contribution in [3.05, 3.63) is 0 Å². The van der Waals surface area contributed by atoms with E-state index in [2.05, 4.69) is 0 Å². The van der Waals surface area contributed by atoms with Gasteiger partial charge in [-0.3, -0.25) is 8.22 Å².